The summed E-state index contributed by atoms with van der Waals surface area (Å²) in [5, 5.41) is 6.68. The fourth-order valence-electron chi connectivity index (χ4n) is 3.32. The Bertz CT molecular complexity index is 346. The second kappa shape index (κ2) is 6.02. The first-order chi connectivity index (χ1) is 8.90. The molecule has 1 atom stereocenters. The summed E-state index contributed by atoms with van der Waals surface area (Å²) in [5.74, 6) is 0.970. The molecule has 100 valence electrons. The number of rotatable bonds is 4. The average Bonchev–Trinajstić information content (AvgIpc) is 3.03. The number of hydrogen-bond acceptors (Lipinski definition) is 4. The molecule has 2 aliphatic rings. The van der Waals surface area contributed by atoms with E-state index >= 15 is 0 Å². The Morgan fingerprint density at radius 3 is 2.94 bits per heavy atom. The van der Waals surface area contributed by atoms with E-state index in [9.17, 15) is 0 Å². The molecule has 1 N–H and O–H groups in total. The summed E-state index contributed by atoms with van der Waals surface area (Å²) in [4.78, 5) is 6.96. The SMILES string of the molecule is c1csc(N[C@@H]2CCN(CC3CCCCC3)C2)n1. The summed E-state index contributed by atoms with van der Waals surface area (Å²) < 4.78 is 0. The summed E-state index contributed by atoms with van der Waals surface area (Å²) >= 11 is 1.71. The molecule has 2 fully saturated rings. The highest BCUT2D eigenvalue weighted by atomic mass is 32.1. The van der Waals surface area contributed by atoms with Crippen molar-refractivity contribution in [1.29, 1.82) is 0 Å². The maximum atomic E-state index is 4.31. The summed E-state index contributed by atoms with van der Waals surface area (Å²) in [6.45, 7) is 3.80. The quantitative estimate of drug-likeness (QED) is 0.906. The number of hydrogen-bond donors (Lipinski definition) is 1. The van der Waals surface area contributed by atoms with Gasteiger partial charge in [0.15, 0.2) is 5.13 Å². The van der Waals surface area contributed by atoms with Crippen LogP contribution < -0.4 is 5.32 Å². The van der Waals surface area contributed by atoms with Crippen LogP contribution in [0.1, 0.15) is 38.5 Å². The summed E-state index contributed by atoms with van der Waals surface area (Å²) in [5.41, 5.74) is 0. The van der Waals surface area contributed by atoms with Gasteiger partial charge < -0.3 is 10.2 Å². The molecule has 0 radical (unpaired) electrons. The molecular formula is C14H23N3S. The van der Waals surface area contributed by atoms with Gasteiger partial charge in [0.1, 0.15) is 0 Å². The van der Waals surface area contributed by atoms with Gasteiger partial charge in [-0.05, 0) is 25.2 Å². The smallest absolute Gasteiger partial charge is 0.182 e. The molecule has 1 aliphatic heterocycles. The molecule has 3 nitrogen and oxygen atoms in total. The Morgan fingerprint density at radius 2 is 2.17 bits per heavy atom. The molecule has 1 aromatic rings. The van der Waals surface area contributed by atoms with Crippen LogP contribution in [0.2, 0.25) is 0 Å². The van der Waals surface area contributed by atoms with Gasteiger partial charge in [0.05, 0.1) is 0 Å². The third-order valence-corrected chi connectivity index (χ3v) is 4.98. The van der Waals surface area contributed by atoms with Crippen molar-refractivity contribution in [2.75, 3.05) is 25.0 Å². The van der Waals surface area contributed by atoms with Gasteiger partial charge in [-0.1, -0.05) is 19.3 Å². The van der Waals surface area contributed by atoms with E-state index < -0.39 is 0 Å². The van der Waals surface area contributed by atoms with E-state index in [-0.39, 0.29) is 0 Å². The van der Waals surface area contributed by atoms with Crippen LogP contribution in [0.5, 0.6) is 0 Å². The van der Waals surface area contributed by atoms with Crippen molar-refractivity contribution >= 4 is 16.5 Å². The van der Waals surface area contributed by atoms with Crippen LogP contribution >= 0.6 is 11.3 Å². The number of thiazole rings is 1. The van der Waals surface area contributed by atoms with E-state index in [2.05, 4.69) is 15.2 Å². The van der Waals surface area contributed by atoms with Crippen molar-refractivity contribution in [2.45, 2.75) is 44.6 Å². The maximum absolute atomic E-state index is 4.31. The van der Waals surface area contributed by atoms with E-state index in [4.69, 9.17) is 0 Å². The number of anilines is 1. The van der Waals surface area contributed by atoms with E-state index in [0.29, 0.717) is 6.04 Å². The lowest BCUT2D eigenvalue weighted by molar-refractivity contribution is 0.233. The molecule has 4 heteroatoms. The van der Waals surface area contributed by atoms with Crippen LogP contribution in [0, 0.1) is 5.92 Å². The van der Waals surface area contributed by atoms with E-state index in [1.54, 1.807) is 11.3 Å². The third-order valence-electron chi connectivity index (χ3n) is 4.27. The molecule has 0 spiro atoms. The number of aromatic nitrogens is 1. The molecule has 3 rings (SSSR count). The number of likely N-dealkylation sites (tertiary alicyclic amines) is 1. The molecule has 0 bridgehead atoms. The predicted octanol–water partition coefficient (Wildman–Crippen LogP) is 3.21. The predicted molar refractivity (Wildman–Crippen MR) is 77.2 cm³/mol. The zero-order chi connectivity index (χ0) is 12.2. The van der Waals surface area contributed by atoms with Gasteiger partial charge in [0, 0.05) is 37.3 Å². The van der Waals surface area contributed by atoms with E-state index in [1.807, 2.05) is 11.6 Å². The molecule has 18 heavy (non-hydrogen) atoms. The summed E-state index contributed by atoms with van der Waals surface area (Å²) in [6.07, 6.45) is 10.4. The molecule has 1 saturated heterocycles. The van der Waals surface area contributed by atoms with Crippen molar-refractivity contribution in [3.8, 4) is 0 Å². The van der Waals surface area contributed by atoms with Crippen LogP contribution in [0.3, 0.4) is 0 Å². The Kier molecular flexibility index (Phi) is 4.16. The van der Waals surface area contributed by atoms with Crippen molar-refractivity contribution in [2.24, 2.45) is 5.92 Å². The van der Waals surface area contributed by atoms with Gasteiger partial charge in [0.2, 0.25) is 0 Å². The highest BCUT2D eigenvalue weighted by Gasteiger charge is 2.25. The molecule has 1 aromatic heterocycles. The normalized spacial score (nSPS) is 26.6. The van der Waals surface area contributed by atoms with Gasteiger partial charge in [0.25, 0.3) is 0 Å². The summed E-state index contributed by atoms with van der Waals surface area (Å²) in [6, 6.07) is 0.611. The Balaban J connectivity index is 1.43. The molecule has 1 saturated carbocycles. The minimum atomic E-state index is 0.611. The standard InChI is InChI=1S/C14H23N3S/c1-2-4-12(5-3-1)10-17-8-6-13(11-17)16-14-15-7-9-18-14/h7,9,12-13H,1-6,8,10-11H2,(H,15,16)/t13-/m1/s1. The van der Waals surface area contributed by atoms with E-state index in [1.165, 1.54) is 58.2 Å². The molecule has 0 unspecified atom stereocenters. The lowest BCUT2D eigenvalue weighted by Gasteiger charge is -2.26. The highest BCUT2D eigenvalue weighted by Crippen LogP contribution is 2.26. The Morgan fingerprint density at radius 1 is 1.28 bits per heavy atom. The monoisotopic (exact) mass is 265 g/mol. The third kappa shape index (κ3) is 3.23. The Labute approximate surface area is 114 Å². The van der Waals surface area contributed by atoms with Gasteiger partial charge in [-0.3, -0.25) is 0 Å². The summed E-state index contributed by atoms with van der Waals surface area (Å²) in [7, 11) is 0. The zero-order valence-electron chi connectivity index (χ0n) is 11.0. The molecule has 0 amide bonds. The van der Waals surface area contributed by atoms with Crippen LogP contribution in [-0.2, 0) is 0 Å². The molecular weight excluding hydrogens is 242 g/mol. The van der Waals surface area contributed by atoms with Crippen LogP contribution in [0.25, 0.3) is 0 Å². The topological polar surface area (TPSA) is 28.2 Å². The maximum Gasteiger partial charge on any atom is 0.182 e. The molecule has 0 aromatic carbocycles. The fraction of sp³-hybridized carbons (Fsp3) is 0.786. The second-order valence-electron chi connectivity index (χ2n) is 5.73. The lowest BCUT2D eigenvalue weighted by Crippen LogP contribution is -2.31. The first-order valence-corrected chi connectivity index (χ1v) is 8.16. The van der Waals surface area contributed by atoms with Crippen molar-refractivity contribution < 1.29 is 0 Å². The van der Waals surface area contributed by atoms with Crippen molar-refractivity contribution in [1.82, 2.24) is 9.88 Å². The van der Waals surface area contributed by atoms with E-state index in [0.717, 1.165) is 11.0 Å². The molecule has 1 aliphatic carbocycles. The first kappa shape index (κ1) is 12.4. The van der Waals surface area contributed by atoms with Gasteiger partial charge in [-0.15, -0.1) is 11.3 Å². The number of nitrogens with zero attached hydrogens (tertiary/aromatic N) is 2. The largest absolute Gasteiger partial charge is 0.357 e. The second-order valence-corrected chi connectivity index (χ2v) is 6.63. The fourth-order valence-corrected chi connectivity index (χ4v) is 3.93. The molecule has 2 heterocycles. The van der Waals surface area contributed by atoms with Crippen LogP contribution in [0.4, 0.5) is 5.13 Å². The lowest BCUT2D eigenvalue weighted by atomic mass is 9.89. The Hall–Kier alpha value is -0.610. The van der Waals surface area contributed by atoms with Gasteiger partial charge in [-0.25, -0.2) is 4.98 Å². The van der Waals surface area contributed by atoms with Crippen molar-refractivity contribution in [3.63, 3.8) is 0 Å². The minimum absolute atomic E-state index is 0.611. The zero-order valence-corrected chi connectivity index (χ0v) is 11.8. The van der Waals surface area contributed by atoms with Crippen molar-refractivity contribution in [3.05, 3.63) is 11.6 Å². The van der Waals surface area contributed by atoms with Crippen LogP contribution in [-0.4, -0.2) is 35.6 Å². The van der Waals surface area contributed by atoms with Gasteiger partial charge >= 0.3 is 0 Å². The first-order valence-electron chi connectivity index (χ1n) is 7.28. The average molecular weight is 265 g/mol. The minimum Gasteiger partial charge on any atom is -0.357 e. The number of nitrogens with one attached hydrogen (secondary N) is 1. The van der Waals surface area contributed by atoms with Crippen LogP contribution in [0.15, 0.2) is 11.6 Å². The highest BCUT2D eigenvalue weighted by molar-refractivity contribution is 7.13. The van der Waals surface area contributed by atoms with Gasteiger partial charge in [-0.2, -0.15) is 0 Å².